The molecule has 17 heavy (non-hydrogen) atoms. The Morgan fingerprint density at radius 2 is 1.94 bits per heavy atom. The predicted octanol–water partition coefficient (Wildman–Crippen LogP) is 0.114. The van der Waals surface area contributed by atoms with Gasteiger partial charge in [-0.05, 0) is 6.92 Å². The van der Waals surface area contributed by atoms with E-state index in [0.29, 0.717) is 19.7 Å². The number of hydrogen-bond donors (Lipinski definition) is 1. The Bertz CT molecular complexity index is 281. The van der Waals surface area contributed by atoms with Crippen molar-refractivity contribution in [1.82, 2.24) is 4.90 Å². The van der Waals surface area contributed by atoms with Gasteiger partial charge in [-0.2, -0.15) is 0 Å². The molecule has 0 spiro atoms. The molecule has 0 radical (unpaired) electrons. The fourth-order valence-corrected chi connectivity index (χ4v) is 1.92. The number of methoxy groups -OCH3 is 1. The number of aliphatic carboxylic acids is 1. The van der Waals surface area contributed by atoms with E-state index in [1.807, 2.05) is 6.92 Å². The smallest absolute Gasteiger partial charge is 0.303 e. The lowest BCUT2D eigenvalue weighted by molar-refractivity contribution is -0.140. The lowest BCUT2D eigenvalue weighted by Gasteiger charge is -2.15. The van der Waals surface area contributed by atoms with Crippen LogP contribution in [0.3, 0.4) is 0 Å². The topological polar surface area (TPSA) is 76.1 Å². The molecule has 1 rings (SSSR count). The van der Waals surface area contributed by atoms with Crippen LogP contribution in [-0.4, -0.2) is 60.9 Å². The largest absolute Gasteiger partial charge is 0.481 e. The third kappa shape index (κ3) is 3.98. The van der Waals surface area contributed by atoms with Crippen LogP contribution in [0.5, 0.6) is 0 Å². The number of nitrogens with zero attached hydrogens (tertiary/aromatic N) is 1. The second kappa shape index (κ2) is 6.56. The summed E-state index contributed by atoms with van der Waals surface area (Å²) in [5.74, 6) is -1.11. The molecule has 0 aromatic heterocycles. The summed E-state index contributed by atoms with van der Waals surface area (Å²) in [7, 11) is 1.59. The maximum absolute atomic E-state index is 11.7. The molecule has 2 atom stereocenters. The van der Waals surface area contributed by atoms with E-state index in [2.05, 4.69) is 0 Å². The molecule has 0 saturated carbocycles. The molecule has 0 bridgehead atoms. The standard InChI is InChI=1S/C11H19NO5/c1-3-17-9-7-12(6-8(9)16-2)10(13)4-5-11(14)15/h8-9H,3-7H2,1-2H3,(H,14,15)/t8-,9-/m0/s1. The summed E-state index contributed by atoms with van der Waals surface area (Å²) >= 11 is 0. The summed E-state index contributed by atoms with van der Waals surface area (Å²) in [4.78, 5) is 23.7. The summed E-state index contributed by atoms with van der Waals surface area (Å²) in [6.07, 6.45) is -0.334. The van der Waals surface area contributed by atoms with Crippen LogP contribution < -0.4 is 0 Å². The van der Waals surface area contributed by atoms with Crippen molar-refractivity contribution in [2.24, 2.45) is 0 Å². The van der Waals surface area contributed by atoms with Gasteiger partial charge in [0.2, 0.25) is 5.91 Å². The van der Waals surface area contributed by atoms with Crippen LogP contribution in [0.25, 0.3) is 0 Å². The van der Waals surface area contributed by atoms with Gasteiger partial charge in [0.1, 0.15) is 12.2 Å². The maximum atomic E-state index is 11.7. The van der Waals surface area contributed by atoms with Crippen LogP contribution in [0.1, 0.15) is 19.8 Å². The Morgan fingerprint density at radius 1 is 1.29 bits per heavy atom. The summed E-state index contributed by atoms with van der Waals surface area (Å²) in [5, 5.41) is 8.52. The molecule has 98 valence electrons. The molecule has 0 aromatic rings. The Kier molecular flexibility index (Phi) is 5.37. The molecule has 0 aliphatic carbocycles. The molecule has 0 aromatic carbocycles. The molecule has 6 nitrogen and oxygen atoms in total. The van der Waals surface area contributed by atoms with Crippen molar-refractivity contribution >= 4 is 11.9 Å². The number of carboxylic acids is 1. The Labute approximate surface area is 100 Å². The first kappa shape index (κ1) is 13.9. The van der Waals surface area contributed by atoms with Gasteiger partial charge in [-0.25, -0.2) is 0 Å². The van der Waals surface area contributed by atoms with E-state index in [0.717, 1.165) is 0 Å². The summed E-state index contributed by atoms with van der Waals surface area (Å²) < 4.78 is 10.7. The molecular formula is C11H19NO5. The van der Waals surface area contributed by atoms with Gasteiger partial charge in [0.25, 0.3) is 0 Å². The van der Waals surface area contributed by atoms with Gasteiger partial charge in [0.15, 0.2) is 0 Å². The van der Waals surface area contributed by atoms with E-state index in [-0.39, 0.29) is 31.0 Å². The zero-order valence-electron chi connectivity index (χ0n) is 10.2. The van der Waals surface area contributed by atoms with Crippen molar-refractivity contribution in [2.45, 2.75) is 32.0 Å². The number of carboxylic acid groups (broad SMARTS) is 1. The van der Waals surface area contributed by atoms with E-state index in [4.69, 9.17) is 14.6 Å². The summed E-state index contributed by atoms with van der Waals surface area (Å²) in [6, 6.07) is 0. The third-order valence-corrected chi connectivity index (χ3v) is 2.80. The number of carbonyl (C=O) groups is 2. The fourth-order valence-electron chi connectivity index (χ4n) is 1.92. The number of rotatable bonds is 6. The van der Waals surface area contributed by atoms with Crippen LogP contribution in [0.15, 0.2) is 0 Å². The Morgan fingerprint density at radius 3 is 2.47 bits per heavy atom. The van der Waals surface area contributed by atoms with Crippen molar-refractivity contribution in [3.63, 3.8) is 0 Å². The summed E-state index contributed by atoms with van der Waals surface area (Å²) in [5.41, 5.74) is 0. The first-order valence-corrected chi connectivity index (χ1v) is 5.72. The van der Waals surface area contributed by atoms with Gasteiger partial charge in [0, 0.05) is 33.2 Å². The SMILES string of the molecule is CCO[C@H]1CN(C(=O)CCC(=O)O)C[C@@H]1OC. The second-order valence-electron chi connectivity index (χ2n) is 3.96. The van der Waals surface area contributed by atoms with Gasteiger partial charge >= 0.3 is 5.97 Å². The minimum absolute atomic E-state index is 0.0324. The summed E-state index contributed by atoms with van der Waals surface area (Å²) in [6.45, 7) is 3.41. The molecule has 0 unspecified atom stereocenters. The monoisotopic (exact) mass is 245 g/mol. The molecule has 1 amide bonds. The highest BCUT2D eigenvalue weighted by atomic mass is 16.5. The van der Waals surface area contributed by atoms with Gasteiger partial charge < -0.3 is 19.5 Å². The van der Waals surface area contributed by atoms with E-state index in [1.54, 1.807) is 12.0 Å². The molecule has 1 N–H and O–H groups in total. The van der Waals surface area contributed by atoms with E-state index >= 15 is 0 Å². The third-order valence-electron chi connectivity index (χ3n) is 2.80. The first-order chi connectivity index (χ1) is 8.08. The van der Waals surface area contributed by atoms with Crippen LogP contribution in [0.4, 0.5) is 0 Å². The van der Waals surface area contributed by atoms with Gasteiger partial charge in [-0.1, -0.05) is 0 Å². The highest BCUT2D eigenvalue weighted by Gasteiger charge is 2.35. The van der Waals surface area contributed by atoms with Crippen LogP contribution in [0.2, 0.25) is 0 Å². The van der Waals surface area contributed by atoms with Crippen molar-refractivity contribution < 1.29 is 24.2 Å². The van der Waals surface area contributed by atoms with Crippen molar-refractivity contribution in [1.29, 1.82) is 0 Å². The molecule has 6 heteroatoms. The second-order valence-corrected chi connectivity index (χ2v) is 3.96. The van der Waals surface area contributed by atoms with Crippen LogP contribution in [-0.2, 0) is 19.1 Å². The van der Waals surface area contributed by atoms with Crippen LogP contribution in [0, 0.1) is 0 Å². The quantitative estimate of drug-likeness (QED) is 0.719. The van der Waals surface area contributed by atoms with Gasteiger partial charge in [-0.3, -0.25) is 9.59 Å². The molecule has 1 aliphatic rings. The minimum atomic E-state index is -0.956. The average molecular weight is 245 g/mol. The van der Waals surface area contributed by atoms with Gasteiger partial charge in [0.05, 0.1) is 6.42 Å². The molecule has 1 heterocycles. The Hall–Kier alpha value is -1.14. The van der Waals surface area contributed by atoms with E-state index in [1.165, 1.54) is 0 Å². The number of hydrogen-bond acceptors (Lipinski definition) is 4. The zero-order valence-corrected chi connectivity index (χ0v) is 10.2. The van der Waals surface area contributed by atoms with E-state index in [9.17, 15) is 9.59 Å². The fraction of sp³-hybridized carbons (Fsp3) is 0.818. The maximum Gasteiger partial charge on any atom is 0.303 e. The minimum Gasteiger partial charge on any atom is -0.481 e. The van der Waals surface area contributed by atoms with Crippen molar-refractivity contribution in [3.05, 3.63) is 0 Å². The van der Waals surface area contributed by atoms with E-state index < -0.39 is 5.97 Å². The Balaban J connectivity index is 2.45. The molecule has 1 aliphatic heterocycles. The number of carbonyl (C=O) groups excluding carboxylic acids is 1. The predicted molar refractivity (Wildman–Crippen MR) is 59.7 cm³/mol. The number of ether oxygens (including phenoxy) is 2. The lowest BCUT2D eigenvalue weighted by atomic mass is 10.2. The molecular weight excluding hydrogens is 226 g/mol. The molecule has 1 fully saturated rings. The van der Waals surface area contributed by atoms with Crippen LogP contribution >= 0.6 is 0 Å². The van der Waals surface area contributed by atoms with Crippen molar-refractivity contribution in [3.8, 4) is 0 Å². The highest BCUT2D eigenvalue weighted by molar-refractivity contribution is 5.81. The van der Waals surface area contributed by atoms with Gasteiger partial charge in [-0.15, -0.1) is 0 Å². The molecule has 1 saturated heterocycles. The first-order valence-electron chi connectivity index (χ1n) is 5.72. The zero-order chi connectivity index (χ0) is 12.8. The lowest BCUT2D eigenvalue weighted by Crippen LogP contribution is -2.30. The van der Waals surface area contributed by atoms with Crippen molar-refractivity contribution in [2.75, 3.05) is 26.8 Å². The normalized spacial score (nSPS) is 24.0. The highest BCUT2D eigenvalue weighted by Crippen LogP contribution is 2.17. The number of likely N-dealkylation sites (tertiary alicyclic amines) is 1. The number of amides is 1. The average Bonchev–Trinajstić information content (AvgIpc) is 2.69.